The first-order valence-corrected chi connectivity index (χ1v) is 6.23. The van der Waals surface area contributed by atoms with Gasteiger partial charge in [-0.05, 0) is 31.9 Å². The van der Waals surface area contributed by atoms with E-state index in [0.29, 0.717) is 0 Å². The minimum Gasteiger partial charge on any atom is -0.382 e. The zero-order valence-corrected chi connectivity index (χ0v) is 10.7. The molecule has 1 N–H and O–H groups in total. The van der Waals surface area contributed by atoms with Gasteiger partial charge in [0.2, 0.25) is 5.91 Å². The van der Waals surface area contributed by atoms with Crippen molar-refractivity contribution in [3.05, 3.63) is 29.8 Å². The fraction of sp³-hybridized carbons (Fsp3) is 0.500. The van der Waals surface area contributed by atoms with Crippen LogP contribution in [0.1, 0.15) is 19.4 Å². The van der Waals surface area contributed by atoms with Crippen LogP contribution in [0.5, 0.6) is 0 Å². The quantitative estimate of drug-likeness (QED) is 0.847. The van der Waals surface area contributed by atoms with Crippen molar-refractivity contribution in [1.29, 1.82) is 0 Å². The minimum absolute atomic E-state index is 0.0508. The Balaban J connectivity index is 2.20. The predicted molar refractivity (Wildman–Crippen MR) is 70.0 cm³/mol. The van der Waals surface area contributed by atoms with Crippen molar-refractivity contribution in [2.75, 3.05) is 18.9 Å². The van der Waals surface area contributed by atoms with Crippen molar-refractivity contribution >= 4 is 11.6 Å². The van der Waals surface area contributed by atoms with Crippen LogP contribution in [0.4, 0.5) is 5.69 Å². The van der Waals surface area contributed by atoms with E-state index in [2.05, 4.69) is 24.4 Å². The fourth-order valence-electron chi connectivity index (χ4n) is 2.34. The molecule has 2 rings (SSSR count). The first-order chi connectivity index (χ1) is 8.13. The summed E-state index contributed by atoms with van der Waals surface area (Å²) in [7, 11) is 1.87. The molecule has 92 valence electrons. The molecule has 1 aromatic carbocycles. The lowest BCUT2D eigenvalue weighted by Crippen LogP contribution is -2.44. The number of nitrogens with one attached hydrogen (secondary N) is 1. The summed E-state index contributed by atoms with van der Waals surface area (Å²) in [5, 5.41) is 3.42. The van der Waals surface area contributed by atoms with Crippen LogP contribution in [0.25, 0.3) is 0 Å². The van der Waals surface area contributed by atoms with Crippen molar-refractivity contribution in [1.82, 2.24) is 4.90 Å². The number of amides is 1. The second-order valence-corrected chi connectivity index (χ2v) is 4.75. The number of benzene rings is 1. The molecule has 3 nitrogen and oxygen atoms in total. The second-order valence-electron chi connectivity index (χ2n) is 4.75. The largest absolute Gasteiger partial charge is 0.382 e. The van der Waals surface area contributed by atoms with Gasteiger partial charge in [0.15, 0.2) is 0 Å². The Hall–Kier alpha value is -1.51. The van der Waals surface area contributed by atoms with Crippen LogP contribution >= 0.6 is 0 Å². The molecule has 0 spiro atoms. The molecule has 0 saturated carbocycles. The van der Waals surface area contributed by atoms with Gasteiger partial charge < -0.3 is 10.2 Å². The van der Waals surface area contributed by atoms with E-state index in [1.54, 1.807) is 4.90 Å². The molecular weight excluding hydrogens is 212 g/mol. The molecule has 0 bridgehead atoms. The van der Waals surface area contributed by atoms with Crippen molar-refractivity contribution < 1.29 is 4.79 Å². The summed E-state index contributed by atoms with van der Waals surface area (Å²) in [6.45, 7) is 4.86. The van der Waals surface area contributed by atoms with Crippen LogP contribution < -0.4 is 5.32 Å². The summed E-state index contributed by atoms with van der Waals surface area (Å²) in [6.07, 6.45) is 0.841. The number of nitrogens with zero attached hydrogens (tertiary/aromatic N) is 1. The Morgan fingerprint density at radius 1 is 1.47 bits per heavy atom. The van der Waals surface area contributed by atoms with Gasteiger partial charge in [-0.2, -0.15) is 0 Å². The summed E-state index contributed by atoms with van der Waals surface area (Å²) in [5.41, 5.74) is 2.41. The molecule has 0 fully saturated rings. The van der Waals surface area contributed by atoms with Crippen LogP contribution in [-0.4, -0.2) is 30.4 Å². The fourth-order valence-corrected chi connectivity index (χ4v) is 2.34. The molecule has 2 unspecified atom stereocenters. The highest BCUT2D eigenvalue weighted by molar-refractivity contribution is 5.81. The lowest BCUT2D eigenvalue weighted by atomic mass is 9.87. The van der Waals surface area contributed by atoms with Crippen LogP contribution in [0.3, 0.4) is 0 Å². The number of carbonyl (C=O) groups excluding carboxylic acids is 1. The molecule has 0 saturated heterocycles. The number of hydrogen-bond acceptors (Lipinski definition) is 2. The maximum absolute atomic E-state index is 12.2. The standard InChI is InChI=1S/C14H20N2O/c1-4-16(3)14(17)12-9-11-7-5-6-8-13(11)15-10(12)2/h5-8,10,12,15H,4,9H2,1-3H3. The molecule has 0 aromatic heterocycles. The molecule has 3 heteroatoms. The summed E-state index contributed by atoms with van der Waals surface area (Å²) in [4.78, 5) is 14.0. The van der Waals surface area contributed by atoms with E-state index >= 15 is 0 Å². The SMILES string of the molecule is CCN(C)C(=O)C1Cc2ccccc2NC1C. The minimum atomic E-state index is 0.0508. The Bertz CT molecular complexity index is 416. The van der Waals surface area contributed by atoms with Crippen molar-refractivity contribution in [2.24, 2.45) is 5.92 Å². The molecule has 2 atom stereocenters. The van der Waals surface area contributed by atoms with Crippen LogP contribution in [0, 0.1) is 5.92 Å². The van der Waals surface area contributed by atoms with Crippen LogP contribution in [0.2, 0.25) is 0 Å². The topological polar surface area (TPSA) is 32.3 Å². The number of rotatable bonds is 2. The molecule has 1 heterocycles. The highest BCUT2D eigenvalue weighted by Gasteiger charge is 2.31. The normalized spacial score (nSPS) is 22.5. The molecule has 1 amide bonds. The first kappa shape index (κ1) is 12.0. The number of para-hydroxylation sites is 1. The van der Waals surface area contributed by atoms with E-state index in [1.807, 2.05) is 26.1 Å². The summed E-state index contributed by atoms with van der Waals surface area (Å²) in [5.74, 6) is 0.289. The third-order valence-electron chi connectivity index (χ3n) is 3.61. The Labute approximate surface area is 103 Å². The lowest BCUT2D eigenvalue weighted by molar-refractivity contribution is -0.134. The van der Waals surface area contributed by atoms with Gasteiger partial charge in [-0.3, -0.25) is 4.79 Å². The number of hydrogen-bond donors (Lipinski definition) is 1. The molecule has 1 aliphatic heterocycles. The number of fused-ring (bicyclic) bond motifs is 1. The summed E-state index contributed by atoms with van der Waals surface area (Å²) >= 11 is 0. The molecule has 1 aliphatic rings. The molecule has 17 heavy (non-hydrogen) atoms. The van der Waals surface area contributed by atoms with Gasteiger partial charge in [-0.15, -0.1) is 0 Å². The van der Waals surface area contributed by atoms with E-state index in [9.17, 15) is 4.79 Å². The average Bonchev–Trinajstić information content (AvgIpc) is 2.36. The van der Waals surface area contributed by atoms with Gasteiger partial charge in [0, 0.05) is 25.3 Å². The molecule has 0 aliphatic carbocycles. The predicted octanol–water partition coefficient (Wildman–Crippen LogP) is 2.14. The monoisotopic (exact) mass is 232 g/mol. The smallest absolute Gasteiger partial charge is 0.227 e. The highest BCUT2D eigenvalue weighted by atomic mass is 16.2. The lowest BCUT2D eigenvalue weighted by Gasteiger charge is -2.33. The van der Waals surface area contributed by atoms with E-state index in [0.717, 1.165) is 13.0 Å². The van der Waals surface area contributed by atoms with Gasteiger partial charge in [-0.25, -0.2) is 0 Å². The van der Waals surface area contributed by atoms with Crippen molar-refractivity contribution in [2.45, 2.75) is 26.3 Å². The van der Waals surface area contributed by atoms with Gasteiger partial charge in [0.1, 0.15) is 0 Å². The Morgan fingerprint density at radius 2 is 2.18 bits per heavy atom. The zero-order chi connectivity index (χ0) is 12.4. The second kappa shape index (κ2) is 4.78. The van der Waals surface area contributed by atoms with Gasteiger partial charge in [-0.1, -0.05) is 18.2 Å². The van der Waals surface area contributed by atoms with Gasteiger partial charge in [0.05, 0.1) is 5.92 Å². The maximum atomic E-state index is 12.2. The Kier molecular flexibility index (Phi) is 3.36. The number of anilines is 1. The van der Waals surface area contributed by atoms with Crippen molar-refractivity contribution in [3.63, 3.8) is 0 Å². The first-order valence-electron chi connectivity index (χ1n) is 6.23. The average molecular weight is 232 g/mol. The van der Waals surface area contributed by atoms with Crippen molar-refractivity contribution in [3.8, 4) is 0 Å². The van der Waals surface area contributed by atoms with Gasteiger partial charge >= 0.3 is 0 Å². The third kappa shape index (κ3) is 2.28. The summed E-state index contributed by atoms with van der Waals surface area (Å²) < 4.78 is 0. The zero-order valence-electron chi connectivity index (χ0n) is 10.7. The maximum Gasteiger partial charge on any atom is 0.227 e. The van der Waals surface area contributed by atoms with E-state index < -0.39 is 0 Å². The third-order valence-corrected chi connectivity index (χ3v) is 3.61. The number of carbonyl (C=O) groups is 1. The highest BCUT2D eigenvalue weighted by Crippen LogP contribution is 2.28. The van der Waals surface area contributed by atoms with E-state index in [-0.39, 0.29) is 17.9 Å². The molecular formula is C14H20N2O. The van der Waals surface area contributed by atoms with Crippen LogP contribution in [0.15, 0.2) is 24.3 Å². The van der Waals surface area contributed by atoms with Gasteiger partial charge in [0.25, 0.3) is 0 Å². The van der Waals surface area contributed by atoms with Crippen LogP contribution in [-0.2, 0) is 11.2 Å². The molecule has 1 aromatic rings. The van der Waals surface area contributed by atoms with E-state index in [1.165, 1.54) is 11.3 Å². The Morgan fingerprint density at radius 3 is 2.88 bits per heavy atom. The summed E-state index contributed by atoms with van der Waals surface area (Å²) in [6, 6.07) is 8.43. The van der Waals surface area contributed by atoms with E-state index in [4.69, 9.17) is 0 Å². The molecule has 0 radical (unpaired) electrons.